The van der Waals surface area contributed by atoms with E-state index in [-0.39, 0.29) is 5.91 Å². The number of amides is 1. The quantitative estimate of drug-likeness (QED) is 0.334. The van der Waals surface area contributed by atoms with Crippen LogP contribution in [0.15, 0.2) is 60.7 Å². The van der Waals surface area contributed by atoms with Crippen LogP contribution in [0.2, 0.25) is 0 Å². The third-order valence-corrected chi connectivity index (χ3v) is 8.25. The first-order valence-corrected chi connectivity index (χ1v) is 13.9. The van der Waals surface area contributed by atoms with Gasteiger partial charge in [-0.1, -0.05) is 55.7 Å². The number of rotatable bonds is 9. The first-order valence-electron chi connectivity index (χ1n) is 13.9. The maximum absolute atomic E-state index is 14.0. The molecule has 3 aromatic carbocycles. The Labute approximate surface area is 221 Å². The van der Waals surface area contributed by atoms with Gasteiger partial charge in [0.05, 0.1) is 14.2 Å². The van der Waals surface area contributed by atoms with Crippen LogP contribution in [-0.4, -0.2) is 55.6 Å². The minimum atomic E-state index is 0.0404. The molecule has 1 atom stereocenters. The number of carbonyl (C=O) groups excluding carboxylic acids is 1. The van der Waals surface area contributed by atoms with Crippen LogP contribution in [0.5, 0.6) is 11.5 Å². The van der Waals surface area contributed by atoms with Crippen LogP contribution < -0.4 is 9.47 Å². The van der Waals surface area contributed by atoms with E-state index < -0.39 is 0 Å². The van der Waals surface area contributed by atoms with Gasteiger partial charge in [-0.3, -0.25) is 9.69 Å². The number of fused-ring (bicyclic) bond motifs is 1. The number of likely N-dealkylation sites (tertiary alicyclic amines) is 1. The Kier molecular flexibility index (Phi) is 8.30. The molecule has 0 unspecified atom stereocenters. The summed E-state index contributed by atoms with van der Waals surface area (Å²) < 4.78 is 10.9. The van der Waals surface area contributed by atoms with Crippen molar-refractivity contribution < 1.29 is 14.3 Å². The summed E-state index contributed by atoms with van der Waals surface area (Å²) in [6.07, 6.45) is 9.21. The first-order chi connectivity index (χ1) is 18.1. The maximum atomic E-state index is 14.0. The second-order valence-electron chi connectivity index (χ2n) is 10.7. The third kappa shape index (κ3) is 6.10. The van der Waals surface area contributed by atoms with Gasteiger partial charge in [0.2, 0.25) is 0 Å². The Balaban J connectivity index is 1.39. The molecule has 0 aromatic heterocycles. The average Bonchev–Trinajstić information content (AvgIpc) is 3.38. The van der Waals surface area contributed by atoms with Crippen LogP contribution in [0.1, 0.15) is 60.9 Å². The number of ether oxygens (including phenoxy) is 2. The molecular weight excluding hydrogens is 460 g/mol. The van der Waals surface area contributed by atoms with E-state index in [1.807, 2.05) is 18.2 Å². The van der Waals surface area contributed by atoms with Crippen LogP contribution >= 0.6 is 0 Å². The summed E-state index contributed by atoms with van der Waals surface area (Å²) in [7, 11) is 3.23. The predicted molar refractivity (Wildman–Crippen MR) is 149 cm³/mol. The number of methoxy groups -OCH3 is 2. The molecule has 2 aliphatic rings. The van der Waals surface area contributed by atoms with Crippen molar-refractivity contribution in [2.75, 3.05) is 33.9 Å². The fourth-order valence-electron chi connectivity index (χ4n) is 6.23. The van der Waals surface area contributed by atoms with Crippen LogP contribution in [0.4, 0.5) is 0 Å². The molecule has 1 heterocycles. The molecule has 3 aromatic rings. The molecule has 0 radical (unpaired) electrons. The number of hydrogen-bond acceptors (Lipinski definition) is 4. The largest absolute Gasteiger partial charge is 0.493 e. The molecule has 1 saturated heterocycles. The van der Waals surface area contributed by atoms with Crippen molar-refractivity contribution in [3.05, 3.63) is 71.8 Å². The predicted octanol–water partition coefficient (Wildman–Crippen LogP) is 6.54. The number of nitrogens with zero attached hydrogens (tertiary/aromatic N) is 2. The SMILES string of the molecule is COc1ccc(C(=O)N(Cc2ccc3ccccc3c2)C[C@@H]2CCCN2CC2CCCCC2)cc1OC. The lowest BCUT2D eigenvalue weighted by Gasteiger charge is -2.34. The molecule has 1 aliphatic heterocycles. The molecule has 1 aliphatic carbocycles. The summed E-state index contributed by atoms with van der Waals surface area (Å²) in [6.45, 7) is 3.66. The number of hydrogen-bond donors (Lipinski definition) is 0. The molecule has 0 N–H and O–H groups in total. The Morgan fingerprint density at radius 1 is 0.865 bits per heavy atom. The van der Waals surface area contributed by atoms with E-state index in [9.17, 15) is 4.79 Å². The summed E-state index contributed by atoms with van der Waals surface area (Å²) in [6, 6.07) is 20.8. The van der Waals surface area contributed by atoms with Gasteiger partial charge in [-0.15, -0.1) is 0 Å². The van der Waals surface area contributed by atoms with Gasteiger partial charge in [0, 0.05) is 31.2 Å². The monoisotopic (exact) mass is 500 g/mol. The van der Waals surface area contributed by atoms with Crippen molar-refractivity contribution in [3.63, 3.8) is 0 Å². The molecule has 5 heteroatoms. The molecule has 1 amide bonds. The highest BCUT2D eigenvalue weighted by Gasteiger charge is 2.31. The molecule has 196 valence electrons. The van der Waals surface area contributed by atoms with E-state index in [4.69, 9.17) is 9.47 Å². The van der Waals surface area contributed by atoms with Gasteiger partial charge >= 0.3 is 0 Å². The highest BCUT2D eigenvalue weighted by Crippen LogP contribution is 2.30. The number of carbonyl (C=O) groups is 1. The van der Waals surface area contributed by atoms with Crippen LogP contribution in [0.3, 0.4) is 0 Å². The Morgan fingerprint density at radius 3 is 2.43 bits per heavy atom. The van der Waals surface area contributed by atoms with E-state index in [1.54, 1.807) is 14.2 Å². The van der Waals surface area contributed by atoms with E-state index in [2.05, 4.69) is 52.3 Å². The van der Waals surface area contributed by atoms with Crippen molar-refractivity contribution in [1.82, 2.24) is 9.80 Å². The third-order valence-electron chi connectivity index (χ3n) is 8.25. The fraction of sp³-hybridized carbons (Fsp3) is 0.469. The lowest BCUT2D eigenvalue weighted by atomic mass is 9.89. The van der Waals surface area contributed by atoms with Crippen molar-refractivity contribution in [3.8, 4) is 11.5 Å². The minimum Gasteiger partial charge on any atom is -0.493 e. The van der Waals surface area contributed by atoms with E-state index in [0.29, 0.717) is 29.6 Å². The van der Waals surface area contributed by atoms with Gasteiger partial charge in [0.25, 0.3) is 5.91 Å². The lowest BCUT2D eigenvalue weighted by molar-refractivity contribution is 0.0676. The van der Waals surface area contributed by atoms with Crippen molar-refractivity contribution >= 4 is 16.7 Å². The second-order valence-corrected chi connectivity index (χ2v) is 10.7. The average molecular weight is 501 g/mol. The Morgan fingerprint density at radius 2 is 1.65 bits per heavy atom. The van der Waals surface area contributed by atoms with Gasteiger partial charge in [0.1, 0.15) is 0 Å². The maximum Gasteiger partial charge on any atom is 0.254 e. The highest BCUT2D eigenvalue weighted by atomic mass is 16.5. The zero-order valence-electron chi connectivity index (χ0n) is 22.3. The molecule has 5 nitrogen and oxygen atoms in total. The normalized spacial score (nSPS) is 18.7. The summed E-state index contributed by atoms with van der Waals surface area (Å²) in [5.74, 6) is 2.07. The number of benzene rings is 3. The topological polar surface area (TPSA) is 42.0 Å². The lowest BCUT2D eigenvalue weighted by Crippen LogP contribution is -2.44. The van der Waals surface area contributed by atoms with Crippen molar-refractivity contribution in [2.45, 2.75) is 57.5 Å². The smallest absolute Gasteiger partial charge is 0.254 e. The van der Waals surface area contributed by atoms with E-state index in [1.165, 1.54) is 55.8 Å². The summed E-state index contributed by atoms with van der Waals surface area (Å²) >= 11 is 0. The standard InChI is InChI=1S/C32H40N2O3/c1-36-30-17-16-28(20-31(30)37-2)32(35)34(22-25-14-15-26-11-6-7-12-27(26)19-25)23-29-13-8-18-33(29)21-24-9-4-3-5-10-24/h6-7,11-12,14-17,19-20,24,29H,3-5,8-10,13,18,21-23H2,1-2H3/t29-/m0/s1. The van der Waals surface area contributed by atoms with Gasteiger partial charge < -0.3 is 14.4 Å². The van der Waals surface area contributed by atoms with Gasteiger partial charge in [-0.05, 0) is 78.7 Å². The van der Waals surface area contributed by atoms with Crippen molar-refractivity contribution in [1.29, 1.82) is 0 Å². The van der Waals surface area contributed by atoms with Crippen LogP contribution in [-0.2, 0) is 6.54 Å². The highest BCUT2D eigenvalue weighted by molar-refractivity contribution is 5.95. The Hall–Kier alpha value is -3.05. The van der Waals surface area contributed by atoms with Gasteiger partial charge in [0.15, 0.2) is 11.5 Å². The molecule has 37 heavy (non-hydrogen) atoms. The summed E-state index contributed by atoms with van der Waals surface area (Å²) in [4.78, 5) is 18.7. The van der Waals surface area contributed by atoms with Crippen molar-refractivity contribution in [2.24, 2.45) is 5.92 Å². The summed E-state index contributed by atoms with van der Waals surface area (Å²) in [5.41, 5.74) is 1.79. The van der Waals surface area contributed by atoms with Crippen LogP contribution in [0.25, 0.3) is 10.8 Å². The van der Waals surface area contributed by atoms with Crippen LogP contribution in [0, 0.1) is 5.92 Å². The molecule has 2 fully saturated rings. The molecule has 0 bridgehead atoms. The zero-order valence-corrected chi connectivity index (χ0v) is 22.3. The molecule has 5 rings (SSSR count). The van der Waals surface area contributed by atoms with Gasteiger partial charge in [-0.2, -0.15) is 0 Å². The van der Waals surface area contributed by atoms with Gasteiger partial charge in [-0.25, -0.2) is 0 Å². The van der Waals surface area contributed by atoms with E-state index in [0.717, 1.165) is 31.0 Å². The molecule has 0 spiro atoms. The second kappa shape index (κ2) is 12.0. The molecule has 1 saturated carbocycles. The molecular formula is C32H40N2O3. The zero-order chi connectivity index (χ0) is 25.6. The van der Waals surface area contributed by atoms with E-state index >= 15 is 0 Å². The fourth-order valence-corrected chi connectivity index (χ4v) is 6.23. The first kappa shape index (κ1) is 25.6. The minimum absolute atomic E-state index is 0.0404. The Bertz CT molecular complexity index is 1200. The summed E-state index contributed by atoms with van der Waals surface area (Å²) in [5, 5.41) is 2.43.